The van der Waals surface area contributed by atoms with Crippen LogP contribution in [0.25, 0.3) is 11.6 Å². The first-order valence-corrected chi connectivity index (χ1v) is 10.3. The smallest absolute Gasteiger partial charge is 0.246 e. The normalized spacial score (nSPS) is 15.3. The molecule has 0 spiro atoms. The van der Waals surface area contributed by atoms with Crippen LogP contribution in [0.15, 0.2) is 42.5 Å². The lowest BCUT2D eigenvalue weighted by Gasteiger charge is -2.27. The molecule has 2 aromatic rings. The molecular formula is C25H27NO5. The van der Waals surface area contributed by atoms with E-state index < -0.39 is 0 Å². The number of nitrogens with zero attached hydrogens (tertiary/aromatic N) is 1. The molecule has 6 heteroatoms. The monoisotopic (exact) mass is 421 g/mol. The molecule has 31 heavy (non-hydrogen) atoms. The van der Waals surface area contributed by atoms with Gasteiger partial charge in [0.05, 0.1) is 33.5 Å². The highest BCUT2D eigenvalue weighted by molar-refractivity contribution is 5.92. The third kappa shape index (κ3) is 4.38. The number of amides is 1. The van der Waals surface area contributed by atoms with Crippen LogP contribution in [0.5, 0.6) is 23.0 Å². The topological polar surface area (TPSA) is 57.2 Å². The number of methoxy groups -OCH3 is 3. The Hall–Kier alpha value is -3.41. The predicted octanol–water partition coefficient (Wildman–Crippen LogP) is 3.98. The first-order chi connectivity index (χ1) is 15.1. The molecule has 4 rings (SSSR count). The largest absolute Gasteiger partial charge is 0.496 e. The lowest BCUT2D eigenvalue weighted by atomic mass is 9.97. The first kappa shape index (κ1) is 20.8. The van der Waals surface area contributed by atoms with Crippen molar-refractivity contribution in [3.63, 3.8) is 0 Å². The summed E-state index contributed by atoms with van der Waals surface area (Å²) in [6.45, 7) is 1.90. The maximum atomic E-state index is 12.7. The second-order valence-corrected chi connectivity index (χ2v) is 7.47. The number of fused-ring (bicyclic) bond motifs is 1. The van der Waals surface area contributed by atoms with E-state index in [2.05, 4.69) is 12.1 Å². The zero-order valence-corrected chi connectivity index (χ0v) is 18.1. The van der Waals surface area contributed by atoms with Crippen LogP contribution in [0, 0.1) is 0 Å². The van der Waals surface area contributed by atoms with Crippen LogP contribution >= 0.6 is 0 Å². The highest BCUT2D eigenvalue weighted by Crippen LogP contribution is 2.40. The fourth-order valence-electron chi connectivity index (χ4n) is 4.00. The number of carbonyl (C=O) groups excluding carboxylic acids is 1. The fourth-order valence-corrected chi connectivity index (χ4v) is 4.00. The number of rotatable bonds is 6. The van der Waals surface area contributed by atoms with E-state index in [1.54, 1.807) is 27.4 Å². The molecule has 2 aliphatic rings. The molecule has 0 fully saturated rings. The van der Waals surface area contributed by atoms with Gasteiger partial charge in [-0.05, 0) is 41.3 Å². The Morgan fingerprint density at radius 1 is 1.03 bits per heavy atom. The number of ether oxygens (including phenoxy) is 4. The maximum Gasteiger partial charge on any atom is 0.246 e. The van der Waals surface area contributed by atoms with Gasteiger partial charge >= 0.3 is 0 Å². The summed E-state index contributed by atoms with van der Waals surface area (Å²) in [7, 11) is 4.88. The van der Waals surface area contributed by atoms with Crippen molar-refractivity contribution in [1.82, 2.24) is 4.90 Å². The number of benzene rings is 2. The van der Waals surface area contributed by atoms with Gasteiger partial charge in [0.15, 0.2) is 0 Å². The van der Waals surface area contributed by atoms with E-state index in [-0.39, 0.29) is 5.91 Å². The van der Waals surface area contributed by atoms with Crippen LogP contribution in [-0.4, -0.2) is 51.8 Å². The van der Waals surface area contributed by atoms with Crippen molar-refractivity contribution in [1.29, 1.82) is 0 Å². The Morgan fingerprint density at radius 2 is 1.81 bits per heavy atom. The van der Waals surface area contributed by atoms with E-state index in [1.807, 2.05) is 35.2 Å². The van der Waals surface area contributed by atoms with Crippen molar-refractivity contribution in [2.45, 2.75) is 12.8 Å². The summed E-state index contributed by atoms with van der Waals surface area (Å²) < 4.78 is 22.0. The second-order valence-electron chi connectivity index (χ2n) is 7.47. The summed E-state index contributed by atoms with van der Waals surface area (Å²) in [5, 5.41) is 0. The fraction of sp³-hybridized carbons (Fsp3) is 0.320. The molecule has 0 N–H and O–H groups in total. The molecule has 0 saturated carbocycles. The summed E-state index contributed by atoms with van der Waals surface area (Å²) in [6.07, 6.45) is 7.22. The summed E-state index contributed by atoms with van der Waals surface area (Å²) in [4.78, 5) is 14.5. The van der Waals surface area contributed by atoms with Crippen molar-refractivity contribution in [3.05, 3.63) is 59.2 Å². The Kier molecular flexibility index (Phi) is 6.16. The minimum atomic E-state index is 0.000657. The van der Waals surface area contributed by atoms with Gasteiger partial charge in [-0.3, -0.25) is 4.79 Å². The predicted molar refractivity (Wildman–Crippen MR) is 120 cm³/mol. The molecule has 1 amide bonds. The van der Waals surface area contributed by atoms with Crippen LogP contribution in [-0.2, 0) is 11.2 Å². The van der Waals surface area contributed by atoms with E-state index >= 15 is 0 Å². The molecule has 2 heterocycles. The summed E-state index contributed by atoms with van der Waals surface area (Å²) in [5.74, 6) is 3.02. The van der Waals surface area contributed by atoms with Gasteiger partial charge in [-0.15, -0.1) is 0 Å². The zero-order valence-electron chi connectivity index (χ0n) is 18.1. The number of hydrogen-bond acceptors (Lipinski definition) is 5. The maximum absolute atomic E-state index is 12.7. The summed E-state index contributed by atoms with van der Waals surface area (Å²) in [5.41, 5.74) is 4.22. The van der Waals surface area contributed by atoms with Gasteiger partial charge in [-0.1, -0.05) is 12.1 Å². The van der Waals surface area contributed by atoms with E-state index in [1.165, 1.54) is 5.56 Å². The van der Waals surface area contributed by atoms with Gasteiger partial charge in [0.25, 0.3) is 0 Å². The Labute approximate surface area is 182 Å². The molecule has 0 bridgehead atoms. The second kappa shape index (κ2) is 9.16. The van der Waals surface area contributed by atoms with Gasteiger partial charge in [0.2, 0.25) is 5.91 Å². The Morgan fingerprint density at radius 3 is 2.45 bits per heavy atom. The van der Waals surface area contributed by atoms with Crippen LogP contribution in [0.3, 0.4) is 0 Å². The molecule has 0 saturated heterocycles. The van der Waals surface area contributed by atoms with Crippen LogP contribution in [0.1, 0.15) is 23.1 Å². The molecule has 2 aliphatic heterocycles. The lowest BCUT2D eigenvalue weighted by Crippen LogP contribution is -2.33. The van der Waals surface area contributed by atoms with Crippen molar-refractivity contribution in [2.75, 3.05) is 41.0 Å². The molecule has 0 aromatic heterocycles. The lowest BCUT2D eigenvalue weighted by molar-refractivity contribution is -0.125. The van der Waals surface area contributed by atoms with Crippen molar-refractivity contribution in [2.24, 2.45) is 0 Å². The van der Waals surface area contributed by atoms with Crippen molar-refractivity contribution in [3.8, 4) is 23.0 Å². The minimum absolute atomic E-state index is 0.000657. The van der Waals surface area contributed by atoms with E-state index in [0.29, 0.717) is 30.3 Å². The molecule has 0 radical (unpaired) electrons. The number of hydrogen-bond donors (Lipinski definition) is 0. The quantitative estimate of drug-likeness (QED) is 0.661. The molecule has 2 aromatic carbocycles. The molecule has 6 nitrogen and oxygen atoms in total. The average Bonchev–Trinajstić information content (AvgIpc) is 3.29. The van der Waals surface area contributed by atoms with Crippen molar-refractivity contribution >= 4 is 17.6 Å². The first-order valence-electron chi connectivity index (χ1n) is 10.3. The number of carbonyl (C=O) groups is 1. The molecule has 0 aliphatic carbocycles. The Balaban J connectivity index is 1.47. The highest BCUT2D eigenvalue weighted by atomic mass is 16.5. The Bertz CT molecular complexity index is 1020. The third-order valence-corrected chi connectivity index (χ3v) is 5.69. The average molecular weight is 421 g/mol. The van der Waals surface area contributed by atoms with Crippen LogP contribution in [0.2, 0.25) is 0 Å². The van der Waals surface area contributed by atoms with E-state index in [0.717, 1.165) is 41.9 Å². The third-order valence-electron chi connectivity index (χ3n) is 5.69. The van der Waals surface area contributed by atoms with Crippen molar-refractivity contribution < 1.29 is 23.7 Å². The minimum Gasteiger partial charge on any atom is -0.496 e. The SMILES string of the molecule is COc1cc(OC)c(C2=CCN(C(=O)/C=C/c3ccc4c(c3)CCO4)CC2)c(OC)c1. The standard InChI is InChI=1S/C25H27NO5/c1-28-20-15-22(29-2)25(23(16-20)30-3)18-8-11-26(12-9-18)24(27)7-5-17-4-6-21-19(14-17)10-13-31-21/h4-8,14-16H,9-13H2,1-3H3/b7-5+. The molecule has 162 valence electrons. The van der Waals surface area contributed by atoms with Gasteiger partial charge in [-0.25, -0.2) is 0 Å². The van der Waals surface area contributed by atoms with Gasteiger partial charge in [0, 0.05) is 37.7 Å². The zero-order chi connectivity index (χ0) is 21.8. The van der Waals surface area contributed by atoms with Crippen LogP contribution in [0.4, 0.5) is 0 Å². The highest BCUT2D eigenvalue weighted by Gasteiger charge is 2.22. The summed E-state index contributed by atoms with van der Waals surface area (Å²) >= 11 is 0. The molecular weight excluding hydrogens is 394 g/mol. The van der Waals surface area contributed by atoms with Gasteiger partial charge in [-0.2, -0.15) is 0 Å². The van der Waals surface area contributed by atoms with E-state index in [4.69, 9.17) is 18.9 Å². The van der Waals surface area contributed by atoms with Crippen LogP contribution < -0.4 is 18.9 Å². The van der Waals surface area contributed by atoms with Gasteiger partial charge < -0.3 is 23.8 Å². The van der Waals surface area contributed by atoms with Gasteiger partial charge in [0.1, 0.15) is 23.0 Å². The summed E-state index contributed by atoms with van der Waals surface area (Å²) in [6, 6.07) is 9.73. The van der Waals surface area contributed by atoms with E-state index in [9.17, 15) is 4.79 Å². The molecule has 0 atom stereocenters. The molecule has 0 unspecified atom stereocenters.